The molecule has 0 bridgehead atoms. The molecule has 0 amide bonds. The summed E-state index contributed by atoms with van der Waals surface area (Å²) in [4.78, 5) is 19.9. The summed E-state index contributed by atoms with van der Waals surface area (Å²) in [6, 6.07) is 8.47. The number of aromatic nitrogens is 1. The standard InChI is InChI=1S/C30H39FN2O4/c1-35-30(34)29(26-19-22(31)12-14-25(26)28-10-6-18-37-28)33-16-15-24(20-33)36-17-5-4-8-23-13-11-21-7-2-3-9-27(21)32-23/h11-14,19,24,28-29H,2-10,15-18,20H2,1H3/t24-,28?,29?/m1/s1. The van der Waals surface area contributed by atoms with Crippen LogP contribution in [0, 0.1) is 5.82 Å². The van der Waals surface area contributed by atoms with Crippen molar-refractivity contribution in [1.29, 1.82) is 0 Å². The van der Waals surface area contributed by atoms with Gasteiger partial charge in [0.25, 0.3) is 0 Å². The second-order valence-corrected chi connectivity index (χ2v) is 10.5. The maximum Gasteiger partial charge on any atom is 0.327 e. The normalized spacial score (nSPS) is 22.6. The minimum absolute atomic E-state index is 0.0498. The number of hydrogen-bond acceptors (Lipinski definition) is 6. The number of rotatable bonds is 10. The van der Waals surface area contributed by atoms with Crippen LogP contribution in [0.25, 0.3) is 0 Å². The van der Waals surface area contributed by atoms with E-state index in [-0.39, 0.29) is 24.0 Å². The Labute approximate surface area is 219 Å². The van der Waals surface area contributed by atoms with Crippen LogP contribution in [0.5, 0.6) is 0 Å². The number of halogens is 1. The highest BCUT2D eigenvalue weighted by Gasteiger charge is 2.37. The second-order valence-electron chi connectivity index (χ2n) is 10.5. The number of nitrogens with zero attached hydrogens (tertiary/aromatic N) is 2. The van der Waals surface area contributed by atoms with Crippen molar-refractivity contribution in [2.75, 3.05) is 33.4 Å². The smallest absolute Gasteiger partial charge is 0.327 e. The van der Waals surface area contributed by atoms with Crippen molar-refractivity contribution in [3.8, 4) is 0 Å². The number of pyridine rings is 1. The van der Waals surface area contributed by atoms with Gasteiger partial charge in [-0.25, -0.2) is 9.18 Å². The van der Waals surface area contributed by atoms with Crippen LogP contribution in [-0.4, -0.2) is 55.4 Å². The summed E-state index contributed by atoms with van der Waals surface area (Å²) < 4.78 is 31.6. The van der Waals surface area contributed by atoms with Gasteiger partial charge >= 0.3 is 5.97 Å². The largest absolute Gasteiger partial charge is 0.468 e. The van der Waals surface area contributed by atoms with Crippen LogP contribution < -0.4 is 0 Å². The summed E-state index contributed by atoms with van der Waals surface area (Å²) in [6.45, 7) is 2.69. The lowest BCUT2D eigenvalue weighted by Crippen LogP contribution is -2.35. The monoisotopic (exact) mass is 510 g/mol. The summed E-state index contributed by atoms with van der Waals surface area (Å²) in [5.41, 5.74) is 5.44. The minimum atomic E-state index is -0.663. The molecule has 0 N–H and O–H groups in total. The third kappa shape index (κ3) is 6.39. The Balaban J connectivity index is 1.14. The van der Waals surface area contributed by atoms with Crippen LogP contribution in [0.4, 0.5) is 4.39 Å². The Bertz CT molecular complexity index is 1070. The van der Waals surface area contributed by atoms with Gasteiger partial charge in [0, 0.05) is 37.7 Å². The Morgan fingerprint density at radius 3 is 2.89 bits per heavy atom. The molecule has 2 fully saturated rings. The predicted octanol–water partition coefficient (Wildman–Crippen LogP) is 5.28. The first-order valence-corrected chi connectivity index (χ1v) is 13.9. The topological polar surface area (TPSA) is 60.9 Å². The van der Waals surface area contributed by atoms with Crippen molar-refractivity contribution in [2.24, 2.45) is 0 Å². The molecule has 7 heteroatoms. The first-order valence-electron chi connectivity index (χ1n) is 13.9. The van der Waals surface area contributed by atoms with Gasteiger partial charge in [-0.2, -0.15) is 0 Å². The average Bonchev–Trinajstić information content (AvgIpc) is 3.62. The van der Waals surface area contributed by atoms with Gasteiger partial charge < -0.3 is 14.2 Å². The zero-order valence-electron chi connectivity index (χ0n) is 21.9. The number of fused-ring (bicyclic) bond motifs is 1. The van der Waals surface area contributed by atoms with Crippen molar-refractivity contribution in [1.82, 2.24) is 9.88 Å². The van der Waals surface area contributed by atoms with Crippen molar-refractivity contribution < 1.29 is 23.4 Å². The van der Waals surface area contributed by atoms with E-state index in [4.69, 9.17) is 19.2 Å². The number of hydrogen-bond donors (Lipinski definition) is 0. The van der Waals surface area contributed by atoms with Gasteiger partial charge in [0.15, 0.2) is 0 Å². The zero-order chi connectivity index (χ0) is 25.6. The number of esters is 1. The van der Waals surface area contributed by atoms with Gasteiger partial charge in [-0.3, -0.25) is 9.88 Å². The SMILES string of the molecule is COC(=O)C(c1cc(F)ccc1C1CCCO1)N1CC[C@@H](OCCCCc2ccc3c(n2)CCCC3)C1. The molecule has 3 atom stereocenters. The quantitative estimate of drug-likeness (QED) is 0.320. The summed E-state index contributed by atoms with van der Waals surface area (Å²) in [7, 11) is 1.39. The van der Waals surface area contributed by atoms with Crippen LogP contribution in [0.3, 0.4) is 0 Å². The summed E-state index contributed by atoms with van der Waals surface area (Å²) in [6.07, 6.45) is 10.4. The molecule has 2 aliphatic heterocycles. The molecule has 2 saturated heterocycles. The molecule has 3 aliphatic rings. The van der Waals surface area contributed by atoms with E-state index in [1.54, 1.807) is 6.07 Å². The van der Waals surface area contributed by atoms with E-state index in [0.29, 0.717) is 31.9 Å². The van der Waals surface area contributed by atoms with E-state index in [2.05, 4.69) is 17.0 Å². The molecular formula is C30H39FN2O4. The fourth-order valence-corrected chi connectivity index (χ4v) is 6.03. The van der Waals surface area contributed by atoms with Crippen LogP contribution in [0.2, 0.25) is 0 Å². The molecular weight excluding hydrogens is 471 g/mol. The highest BCUT2D eigenvalue weighted by atomic mass is 19.1. The van der Waals surface area contributed by atoms with E-state index in [1.165, 1.54) is 55.5 Å². The molecule has 5 rings (SSSR count). The molecule has 0 spiro atoms. The van der Waals surface area contributed by atoms with Crippen LogP contribution in [-0.2, 0) is 38.3 Å². The lowest BCUT2D eigenvalue weighted by Gasteiger charge is -2.29. The number of ether oxygens (including phenoxy) is 3. The number of aryl methyl sites for hydroxylation is 3. The highest BCUT2D eigenvalue weighted by molar-refractivity contribution is 5.78. The predicted molar refractivity (Wildman–Crippen MR) is 139 cm³/mol. The summed E-state index contributed by atoms with van der Waals surface area (Å²) in [5.74, 6) is -0.728. The number of likely N-dealkylation sites (tertiary alicyclic amines) is 1. The number of benzene rings is 1. The molecule has 37 heavy (non-hydrogen) atoms. The molecule has 1 aliphatic carbocycles. The maximum atomic E-state index is 14.3. The number of methoxy groups -OCH3 is 1. The highest BCUT2D eigenvalue weighted by Crippen LogP contribution is 2.37. The maximum absolute atomic E-state index is 14.3. The number of unbranched alkanes of at least 4 members (excludes halogenated alkanes) is 1. The fraction of sp³-hybridized carbons (Fsp3) is 0.600. The van der Waals surface area contributed by atoms with Crippen molar-refractivity contribution in [2.45, 2.75) is 82.5 Å². The molecule has 1 aromatic carbocycles. The van der Waals surface area contributed by atoms with Gasteiger partial charge in [-0.1, -0.05) is 12.1 Å². The Hall–Kier alpha value is -2.35. The van der Waals surface area contributed by atoms with Crippen molar-refractivity contribution in [3.05, 3.63) is 64.2 Å². The zero-order valence-corrected chi connectivity index (χ0v) is 21.9. The first kappa shape index (κ1) is 26.3. The molecule has 0 radical (unpaired) electrons. The lowest BCUT2D eigenvalue weighted by atomic mass is 9.94. The molecule has 6 nitrogen and oxygen atoms in total. The van der Waals surface area contributed by atoms with Gasteiger partial charge in [0.05, 0.1) is 19.3 Å². The molecule has 0 saturated carbocycles. The number of carbonyl (C=O) groups is 1. The molecule has 200 valence electrons. The Morgan fingerprint density at radius 1 is 1.16 bits per heavy atom. The number of carbonyl (C=O) groups excluding carboxylic acids is 1. The third-order valence-electron chi connectivity index (χ3n) is 8.00. The van der Waals surface area contributed by atoms with E-state index in [9.17, 15) is 9.18 Å². The van der Waals surface area contributed by atoms with Gasteiger partial charge in [0.1, 0.15) is 11.9 Å². The van der Waals surface area contributed by atoms with Crippen LogP contribution >= 0.6 is 0 Å². The lowest BCUT2D eigenvalue weighted by molar-refractivity contribution is -0.147. The van der Waals surface area contributed by atoms with E-state index < -0.39 is 6.04 Å². The van der Waals surface area contributed by atoms with E-state index in [1.807, 2.05) is 0 Å². The minimum Gasteiger partial charge on any atom is -0.468 e. The molecule has 1 aromatic heterocycles. The average molecular weight is 511 g/mol. The molecule has 3 heterocycles. The summed E-state index contributed by atoms with van der Waals surface area (Å²) >= 11 is 0. The molecule has 2 aromatic rings. The third-order valence-corrected chi connectivity index (χ3v) is 8.00. The first-order chi connectivity index (χ1) is 18.1. The van der Waals surface area contributed by atoms with Crippen molar-refractivity contribution >= 4 is 5.97 Å². The van der Waals surface area contributed by atoms with E-state index >= 15 is 0 Å². The fourth-order valence-electron chi connectivity index (χ4n) is 6.03. The second kappa shape index (κ2) is 12.5. The van der Waals surface area contributed by atoms with Crippen molar-refractivity contribution in [3.63, 3.8) is 0 Å². The Morgan fingerprint density at radius 2 is 2.05 bits per heavy atom. The molecule has 2 unspecified atom stereocenters. The van der Waals surface area contributed by atoms with Gasteiger partial charge in [0.2, 0.25) is 0 Å². The summed E-state index contributed by atoms with van der Waals surface area (Å²) in [5, 5.41) is 0. The van der Waals surface area contributed by atoms with Crippen LogP contribution in [0.1, 0.15) is 85.2 Å². The van der Waals surface area contributed by atoms with Crippen LogP contribution in [0.15, 0.2) is 30.3 Å². The van der Waals surface area contributed by atoms with E-state index in [0.717, 1.165) is 50.5 Å². The van der Waals surface area contributed by atoms with Gasteiger partial charge in [-0.05, 0) is 99.1 Å². The van der Waals surface area contributed by atoms with Gasteiger partial charge in [-0.15, -0.1) is 0 Å². The Kier molecular flexibility index (Phi) is 8.85.